The van der Waals surface area contributed by atoms with Gasteiger partial charge in [0.15, 0.2) is 10.9 Å². The lowest BCUT2D eigenvalue weighted by atomic mass is 10.0. The number of fused-ring (bicyclic) bond motifs is 1. The van der Waals surface area contributed by atoms with Crippen LogP contribution in [0, 0.1) is 0 Å². The van der Waals surface area contributed by atoms with E-state index in [4.69, 9.17) is 5.73 Å². The van der Waals surface area contributed by atoms with Gasteiger partial charge >= 0.3 is 5.97 Å². The number of nitrogens with one attached hydrogen (secondary N) is 2. The van der Waals surface area contributed by atoms with Crippen LogP contribution in [0.15, 0.2) is 23.6 Å². The van der Waals surface area contributed by atoms with E-state index in [0.717, 1.165) is 19.3 Å². The molecule has 0 radical (unpaired) electrons. The van der Waals surface area contributed by atoms with E-state index in [0.29, 0.717) is 58.7 Å². The van der Waals surface area contributed by atoms with Crippen LogP contribution >= 0.6 is 11.3 Å². The number of ketones is 1. The van der Waals surface area contributed by atoms with Gasteiger partial charge in [0.25, 0.3) is 5.91 Å². The Hall–Kier alpha value is -3.04. The van der Waals surface area contributed by atoms with Gasteiger partial charge in [-0.3, -0.25) is 14.9 Å². The minimum Gasteiger partial charge on any atom is -0.477 e. The number of aromatic carboxylic acids is 1. The van der Waals surface area contributed by atoms with Gasteiger partial charge in [0.2, 0.25) is 0 Å². The van der Waals surface area contributed by atoms with Gasteiger partial charge in [-0.25, -0.2) is 9.78 Å². The molecule has 5 N–H and O–H groups in total. The molecular formula is C22H26N4O4S. The molecule has 2 heterocycles. The molecule has 164 valence electrons. The maximum atomic E-state index is 12.7. The van der Waals surface area contributed by atoms with Crippen molar-refractivity contribution in [1.29, 1.82) is 0 Å². The number of aryl methyl sites for hydroxylation is 1. The van der Waals surface area contributed by atoms with Crippen LogP contribution in [0.1, 0.15) is 75.9 Å². The fraction of sp³-hybridized carbons (Fsp3) is 0.364. The van der Waals surface area contributed by atoms with Crippen LogP contribution in [0.25, 0.3) is 10.9 Å². The van der Waals surface area contributed by atoms with Gasteiger partial charge < -0.3 is 15.8 Å². The molecule has 0 unspecified atom stereocenters. The summed E-state index contributed by atoms with van der Waals surface area (Å²) in [7, 11) is 0. The van der Waals surface area contributed by atoms with E-state index < -0.39 is 5.97 Å². The number of hydrogen-bond acceptors (Lipinski definition) is 6. The summed E-state index contributed by atoms with van der Waals surface area (Å²) in [6, 6.07) is 4.98. The number of benzene rings is 1. The molecule has 0 fully saturated rings. The molecule has 0 bridgehead atoms. The minimum absolute atomic E-state index is 0.0234. The number of carboxylic acid groups (broad SMARTS) is 1. The molecule has 0 aliphatic rings. The summed E-state index contributed by atoms with van der Waals surface area (Å²) >= 11 is 1.20. The van der Waals surface area contributed by atoms with E-state index in [1.54, 1.807) is 23.6 Å². The molecule has 1 amide bonds. The Morgan fingerprint density at radius 2 is 2.03 bits per heavy atom. The highest BCUT2D eigenvalue weighted by molar-refractivity contribution is 7.14. The molecule has 0 aliphatic heterocycles. The number of Topliss-reactive ketones (excluding diaryl/α,β-unsaturated/α-hetero) is 1. The number of unbranched alkanes of at least 4 members (excludes halogenated alkanes) is 2. The number of aromatic amines is 1. The van der Waals surface area contributed by atoms with Crippen molar-refractivity contribution in [2.45, 2.75) is 45.4 Å². The van der Waals surface area contributed by atoms with Crippen molar-refractivity contribution in [1.82, 2.24) is 9.97 Å². The van der Waals surface area contributed by atoms with Crippen LogP contribution in [0.5, 0.6) is 0 Å². The average Bonchev–Trinajstić information content (AvgIpc) is 3.36. The zero-order chi connectivity index (χ0) is 22.4. The van der Waals surface area contributed by atoms with Crippen molar-refractivity contribution in [3.63, 3.8) is 0 Å². The van der Waals surface area contributed by atoms with Crippen molar-refractivity contribution < 1.29 is 19.5 Å². The van der Waals surface area contributed by atoms with Crippen molar-refractivity contribution in [2.75, 3.05) is 11.9 Å². The quantitative estimate of drug-likeness (QED) is 0.259. The number of nitrogens with two attached hydrogens (primary N) is 1. The van der Waals surface area contributed by atoms with Gasteiger partial charge in [-0.15, -0.1) is 11.3 Å². The Bertz CT molecular complexity index is 1100. The van der Waals surface area contributed by atoms with Gasteiger partial charge in [-0.1, -0.05) is 19.8 Å². The summed E-state index contributed by atoms with van der Waals surface area (Å²) in [6.07, 6.45) is 4.46. The fourth-order valence-electron chi connectivity index (χ4n) is 3.40. The van der Waals surface area contributed by atoms with Crippen LogP contribution < -0.4 is 11.1 Å². The number of anilines is 1. The van der Waals surface area contributed by atoms with E-state index in [1.165, 1.54) is 11.3 Å². The zero-order valence-electron chi connectivity index (χ0n) is 17.4. The third-order valence-corrected chi connectivity index (χ3v) is 5.79. The van der Waals surface area contributed by atoms with Gasteiger partial charge in [0.1, 0.15) is 11.4 Å². The molecule has 0 atom stereocenters. The first kappa shape index (κ1) is 22.6. The van der Waals surface area contributed by atoms with E-state index in [-0.39, 0.29) is 17.4 Å². The highest BCUT2D eigenvalue weighted by Crippen LogP contribution is 2.26. The molecule has 0 aliphatic carbocycles. The standard InChI is InChI=1S/C22H26N4O4S/c1-2-3-4-7-18(27)17-12-31-22(25-17)26-20(28)13-8-9-16-15(11-13)14(6-5-10-23)19(24-16)21(29)30/h8-9,11-12,24H,2-7,10,23H2,1H3,(H,29,30)(H,25,26,28). The van der Waals surface area contributed by atoms with E-state index in [1.807, 2.05) is 0 Å². The lowest BCUT2D eigenvalue weighted by Crippen LogP contribution is -2.12. The summed E-state index contributed by atoms with van der Waals surface area (Å²) in [4.78, 5) is 43.7. The SMILES string of the molecule is CCCCCC(=O)c1csc(NC(=O)c2ccc3[nH]c(C(=O)O)c(CCCN)c3c2)n1. The lowest BCUT2D eigenvalue weighted by molar-refractivity contribution is 0.0689. The van der Waals surface area contributed by atoms with E-state index >= 15 is 0 Å². The number of thiazole rings is 1. The molecule has 1 aromatic carbocycles. The second-order valence-electron chi connectivity index (χ2n) is 7.31. The number of carbonyl (C=O) groups excluding carboxylic acids is 2. The number of amides is 1. The molecular weight excluding hydrogens is 416 g/mol. The fourth-order valence-corrected chi connectivity index (χ4v) is 4.11. The molecule has 8 nitrogen and oxygen atoms in total. The maximum Gasteiger partial charge on any atom is 0.352 e. The first-order valence-electron chi connectivity index (χ1n) is 10.3. The van der Waals surface area contributed by atoms with Gasteiger partial charge in [0, 0.05) is 28.3 Å². The summed E-state index contributed by atoms with van der Waals surface area (Å²) in [5.41, 5.74) is 7.73. The van der Waals surface area contributed by atoms with Gasteiger partial charge in [-0.2, -0.15) is 0 Å². The van der Waals surface area contributed by atoms with Gasteiger partial charge in [-0.05, 0) is 49.6 Å². The normalized spacial score (nSPS) is 11.0. The third kappa shape index (κ3) is 5.36. The Kier molecular flexibility index (Phi) is 7.54. The molecule has 31 heavy (non-hydrogen) atoms. The van der Waals surface area contributed by atoms with Crippen LogP contribution in [0.3, 0.4) is 0 Å². The number of H-pyrrole nitrogens is 1. The van der Waals surface area contributed by atoms with Crippen LogP contribution in [0.2, 0.25) is 0 Å². The molecule has 3 rings (SSSR count). The monoisotopic (exact) mass is 442 g/mol. The van der Waals surface area contributed by atoms with Crippen LogP contribution in [-0.2, 0) is 6.42 Å². The largest absolute Gasteiger partial charge is 0.477 e. The number of rotatable bonds is 11. The summed E-state index contributed by atoms with van der Waals surface area (Å²) in [5.74, 6) is -1.44. The Morgan fingerprint density at radius 3 is 2.74 bits per heavy atom. The molecule has 0 spiro atoms. The predicted molar refractivity (Wildman–Crippen MR) is 121 cm³/mol. The number of carbonyl (C=O) groups is 3. The molecule has 3 aromatic rings. The lowest BCUT2D eigenvalue weighted by Gasteiger charge is -2.04. The molecule has 0 saturated carbocycles. The smallest absolute Gasteiger partial charge is 0.352 e. The summed E-state index contributed by atoms with van der Waals surface area (Å²) in [5, 5.41) is 14.9. The third-order valence-electron chi connectivity index (χ3n) is 5.03. The Balaban J connectivity index is 1.78. The number of nitrogens with zero attached hydrogens (tertiary/aromatic N) is 1. The maximum absolute atomic E-state index is 12.7. The Morgan fingerprint density at radius 1 is 1.23 bits per heavy atom. The van der Waals surface area contributed by atoms with E-state index in [9.17, 15) is 19.5 Å². The summed E-state index contributed by atoms with van der Waals surface area (Å²) < 4.78 is 0. The second kappa shape index (κ2) is 10.3. The zero-order valence-corrected chi connectivity index (χ0v) is 18.2. The first-order chi connectivity index (χ1) is 14.9. The molecule has 0 saturated heterocycles. The van der Waals surface area contributed by atoms with Crippen LogP contribution in [0.4, 0.5) is 5.13 Å². The molecule has 9 heteroatoms. The first-order valence-corrected chi connectivity index (χ1v) is 11.2. The van der Waals surface area contributed by atoms with Gasteiger partial charge in [0.05, 0.1) is 0 Å². The predicted octanol–water partition coefficient (Wildman–Crippen LogP) is 4.23. The highest BCUT2D eigenvalue weighted by Gasteiger charge is 2.19. The minimum atomic E-state index is -1.05. The van der Waals surface area contributed by atoms with Crippen molar-refractivity contribution >= 4 is 45.0 Å². The second-order valence-corrected chi connectivity index (χ2v) is 8.17. The van der Waals surface area contributed by atoms with Crippen molar-refractivity contribution in [2.24, 2.45) is 5.73 Å². The number of aromatic nitrogens is 2. The number of carboxylic acids is 1. The summed E-state index contributed by atoms with van der Waals surface area (Å²) in [6.45, 7) is 2.52. The Labute approximate surface area is 183 Å². The van der Waals surface area contributed by atoms with E-state index in [2.05, 4.69) is 22.2 Å². The molecule has 2 aromatic heterocycles. The number of hydrogen-bond donors (Lipinski definition) is 4. The van der Waals surface area contributed by atoms with Crippen molar-refractivity contribution in [3.05, 3.63) is 46.1 Å². The van der Waals surface area contributed by atoms with Crippen LogP contribution in [-0.4, -0.2) is 39.3 Å². The average molecular weight is 443 g/mol. The highest BCUT2D eigenvalue weighted by atomic mass is 32.1. The topological polar surface area (TPSA) is 138 Å². The van der Waals surface area contributed by atoms with Crippen molar-refractivity contribution in [3.8, 4) is 0 Å².